The van der Waals surface area contributed by atoms with Crippen molar-refractivity contribution in [2.24, 2.45) is 4.99 Å². The average molecular weight is 339 g/mol. The van der Waals surface area contributed by atoms with Gasteiger partial charge in [0.2, 0.25) is 5.89 Å². The Bertz CT molecular complexity index is 575. The van der Waals surface area contributed by atoms with Crippen molar-refractivity contribution in [2.75, 3.05) is 19.3 Å². The van der Waals surface area contributed by atoms with E-state index in [0.29, 0.717) is 12.4 Å². The standard InChI is InChI=1S/C14H21N5OS2/c1-10-11(2)20-12(19-10)9-18-13(15-3)16-5-4-7-21-14-17-6-8-22-14/h6,8H,4-5,7,9H2,1-3H3,(H2,15,16,18). The number of thiazole rings is 1. The number of hydrogen-bond acceptors (Lipinski definition) is 6. The van der Waals surface area contributed by atoms with Gasteiger partial charge in [0.15, 0.2) is 5.96 Å². The van der Waals surface area contributed by atoms with Gasteiger partial charge in [0.1, 0.15) is 10.1 Å². The van der Waals surface area contributed by atoms with Crippen LogP contribution < -0.4 is 10.6 Å². The molecule has 0 spiro atoms. The zero-order valence-corrected chi connectivity index (χ0v) is 14.7. The van der Waals surface area contributed by atoms with Crippen molar-refractivity contribution in [3.8, 4) is 0 Å². The molecule has 0 bridgehead atoms. The molecule has 2 heterocycles. The molecular formula is C14H21N5OS2. The minimum absolute atomic E-state index is 0.530. The van der Waals surface area contributed by atoms with E-state index in [0.717, 1.165) is 40.5 Å². The monoisotopic (exact) mass is 339 g/mol. The molecule has 2 aromatic rings. The fourth-order valence-corrected chi connectivity index (χ4v) is 3.36. The van der Waals surface area contributed by atoms with Crippen LogP contribution in [0.5, 0.6) is 0 Å². The molecule has 22 heavy (non-hydrogen) atoms. The van der Waals surface area contributed by atoms with Crippen LogP contribution in [0.15, 0.2) is 25.3 Å². The molecule has 0 aliphatic carbocycles. The molecule has 0 aliphatic rings. The number of rotatable bonds is 7. The number of aryl methyl sites for hydroxylation is 2. The van der Waals surface area contributed by atoms with E-state index >= 15 is 0 Å². The zero-order valence-electron chi connectivity index (χ0n) is 13.0. The Morgan fingerprint density at radius 1 is 1.41 bits per heavy atom. The van der Waals surface area contributed by atoms with Crippen molar-refractivity contribution in [3.05, 3.63) is 28.9 Å². The van der Waals surface area contributed by atoms with Gasteiger partial charge < -0.3 is 15.1 Å². The summed E-state index contributed by atoms with van der Waals surface area (Å²) < 4.78 is 6.65. The third-order valence-electron chi connectivity index (χ3n) is 2.95. The molecule has 2 N–H and O–H groups in total. The Labute approximate surface area is 138 Å². The van der Waals surface area contributed by atoms with Crippen molar-refractivity contribution < 1.29 is 4.42 Å². The van der Waals surface area contributed by atoms with Crippen molar-refractivity contribution in [3.63, 3.8) is 0 Å². The highest BCUT2D eigenvalue weighted by atomic mass is 32.2. The van der Waals surface area contributed by atoms with Gasteiger partial charge in [-0.15, -0.1) is 11.3 Å². The van der Waals surface area contributed by atoms with Crippen LogP contribution >= 0.6 is 23.1 Å². The first-order valence-electron chi connectivity index (χ1n) is 7.08. The second-order valence-corrected chi connectivity index (χ2v) is 6.84. The second-order valence-electron chi connectivity index (χ2n) is 4.60. The van der Waals surface area contributed by atoms with Crippen LogP contribution in [-0.2, 0) is 6.54 Å². The molecule has 0 amide bonds. The van der Waals surface area contributed by atoms with E-state index in [4.69, 9.17) is 4.42 Å². The molecule has 0 aliphatic heterocycles. The van der Waals surface area contributed by atoms with Crippen LogP contribution in [-0.4, -0.2) is 35.3 Å². The van der Waals surface area contributed by atoms with E-state index in [9.17, 15) is 0 Å². The Morgan fingerprint density at radius 2 is 2.27 bits per heavy atom. The van der Waals surface area contributed by atoms with Gasteiger partial charge >= 0.3 is 0 Å². The van der Waals surface area contributed by atoms with Crippen molar-refractivity contribution in [1.29, 1.82) is 0 Å². The molecule has 2 rings (SSSR count). The lowest BCUT2D eigenvalue weighted by molar-refractivity contribution is 0.463. The topological polar surface area (TPSA) is 75.3 Å². The Morgan fingerprint density at radius 3 is 2.91 bits per heavy atom. The molecule has 0 atom stereocenters. The van der Waals surface area contributed by atoms with Gasteiger partial charge in [-0.3, -0.25) is 4.99 Å². The average Bonchev–Trinajstić information content (AvgIpc) is 3.12. The molecule has 6 nitrogen and oxygen atoms in total. The van der Waals surface area contributed by atoms with Crippen LogP contribution in [0.2, 0.25) is 0 Å². The lowest BCUT2D eigenvalue weighted by Gasteiger charge is -2.10. The molecule has 2 aromatic heterocycles. The summed E-state index contributed by atoms with van der Waals surface area (Å²) in [7, 11) is 1.76. The van der Waals surface area contributed by atoms with E-state index in [2.05, 4.69) is 25.6 Å². The first-order chi connectivity index (χ1) is 10.7. The third-order valence-corrected chi connectivity index (χ3v) is 5.00. The van der Waals surface area contributed by atoms with Crippen LogP contribution in [0.25, 0.3) is 0 Å². The van der Waals surface area contributed by atoms with Crippen LogP contribution in [0.3, 0.4) is 0 Å². The van der Waals surface area contributed by atoms with Gasteiger partial charge in [-0.1, -0.05) is 11.8 Å². The highest BCUT2D eigenvalue weighted by molar-refractivity contribution is 8.00. The highest BCUT2D eigenvalue weighted by Crippen LogP contribution is 2.20. The predicted octanol–water partition coefficient (Wildman–Crippen LogP) is 2.60. The van der Waals surface area contributed by atoms with Crippen LogP contribution in [0.4, 0.5) is 0 Å². The molecule has 0 radical (unpaired) electrons. The fourth-order valence-electron chi connectivity index (χ4n) is 1.71. The van der Waals surface area contributed by atoms with E-state index in [-0.39, 0.29) is 0 Å². The summed E-state index contributed by atoms with van der Waals surface area (Å²) in [5, 5.41) is 8.48. The molecular weight excluding hydrogens is 318 g/mol. The number of thioether (sulfide) groups is 1. The molecule has 0 aromatic carbocycles. The molecule has 0 unspecified atom stereocenters. The molecule has 8 heteroatoms. The number of nitrogens with one attached hydrogen (secondary N) is 2. The number of guanidine groups is 1. The maximum absolute atomic E-state index is 5.53. The number of oxazole rings is 1. The van der Waals surface area contributed by atoms with Gasteiger partial charge in [0.05, 0.1) is 12.2 Å². The summed E-state index contributed by atoms with van der Waals surface area (Å²) in [6.07, 6.45) is 2.88. The first-order valence-corrected chi connectivity index (χ1v) is 8.95. The minimum Gasteiger partial charge on any atom is -0.444 e. The van der Waals surface area contributed by atoms with E-state index in [1.165, 1.54) is 0 Å². The Hall–Kier alpha value is -1.54. The summed E-state index contributed by atoms with van der Waals surface area (Å²) >= 11 is 3.46. The summed E-state index contributed by atoms with van der Waals surface area (Å²) in [5.41, 5.74) is 0.930. The third kappa shape index (κ3) is 5.34. The van der Waals surface area contributed by atoms with E-state index in [1.807, 2.05) is 25.4 Å². The lowest BCUT2D eigenvalue weighted by Crippen LogP contribution is -2.37. The SMILES string of the molecule is CN=C(NCCCSc1nccs1)NCc1nc(C)c(C)o1. The summed E-state index contributed by atoms with van der Waals surface area (Å²) in [4.78, 5) is 12.8. The minimum atomic E-state index is 0.530. The number of aliphatic imine (C=N–C) groups is 1. The van der Waals surface area contributed by atoms with Gasteiger partial charge in [0, 0.05) is 30.9 Å². The Balaban J connectivity index is 1.62. The smallest absolute Gasteiger partial charge is 0.214 e. The van der Waals surface area contributed by atoms with Gasteiger partial charge in [-0.05, 0) is 20.3 Å². The Kier molecular flexibility index (Phi) is 6.73. The zero-order chi connectivity index (χ0) is 15.8. The second kappa shape index (κ2) is 8.79. The first kappa shape index (κ1) is 16.8. The number of aromatic nitrogens is 2. The largest absolute Gasteiger partial charge is 0.444 e. The maximum Gasteiger partial charge on any atom is 0.214 e. The summed E-state index contributed by atoms with van der Waals surface area (Å²) in [6.45, 7) is 5.25. The van der Waals surface area contributed by atoms with Gasteiger partial charge in [-0.2, -0.15) is 0 Å². The van der Waals surface area contributed by atoms with Crippen LogP contribution in [0, 0.1) is 13.8 Å². The lowest BCUT2D eigenvalue weighted by atomic mass is 10.4. The number of hydrogen-bond donors (Lipinski definition) is 2. The van der Waals surface area contributed by atoms with Crippen molar-refractivity contribution in [1.82, 2.24) is 20.6 Å². The maximum atomic E-state index is 5.53. The number of nitrogens with zero attached hydrogens (tertiary/aromatic N) is 3. The van der Waals surface area contributed by atoms with Gasteiger partial charge in [0.25, 0.3) is 0 Å². The van der Waals surface area contributed by atoms with E-state index in [1.54, 1.807) is 30.1 Å². The predicted molar refractivity (Wildman–Crippen MR) is 91.6 cm³/mol. The highest BCUT2D eigenvalue weighted by Gasteiger charge is 2.06. The fraction of sp³-hybridized carbons (Fsp3) is 0.500. The molecule has 120 valence electrons. The van der Waals surface area contributed by atoms with Crippen molar-refractivity contribution >= 4 is 29.1 Å². The van der Waals surface area contributed by atoms with Crippen LogP contribution in [0.1, 0.15) is 23.8 Å². The quantitative estimate of drug-likeness (QED) is 0.349. The summed E-state index contributed by atoms with van der Waals surface area (Å²) in [6, 6.07) is 0. The van der Waals surface area contributed by atoms with Crippen molar-refractivity contribution in [2.45, 2.75) is 31.2 Å². The molecule has 0 fully saturated rings. The van der Waals surface area contributed by atoms with E-state index < -0.39 is 0 Å². The molecule has 0 saturated carbocycles. The van der Waals surface area contributed by atoms with Gasteiger partial charge in [-0.25, -0.2) is 9.97 Å². The normalized spacial score (nSPS) is 11.7. The molecule has 0 saturated heterocycles. The summed E-state index contributed by atoms with van der Waals surface area (Å²) in [5.74, 6) is 3.33.